The molecule has 0 fully saturated rings. The number of likely N-dealkylation sites (N-methyl/N-ethyl adjacent to an activating group) is 1. The summed E-state index contributed by atoms with van der Waals surface area (Å²) in [4.78, 5) is 14.2. The average molecular weight is 387 g/mol. The van der Waals surface area contributed by atoms with Crippen molar-refractivity contribution >= 4 is 44.6 Å². The van der Waals surface area contributed by atoms with Crippen molar-refractivity contribution in [2.24, 2.45) is 0 Å². The number of rotatable bonds is 4. The van der Waals surface area contributed by atoms with E-state index >= 15 is 0 Å². The molecule has 1 amide bonds. The lowest BCUT2D eigenvalue weighted by Crippen LogP contribution is -2.32. The van der Waals surface area contributed by atoms with E-state index in [4.69, 9.17) is 16.3 Å². The summed E-state index contributed by atoms with van der Waals surface area (Å²) in [7, 11) is -3.75. The summed E-state index contributed by atoms with van der Waals surface area (Å²) in [6.45, 7) is 3.35. The van der Waals surface area contributed by atoms with E-state index in [2.05, 4.69) is 4.72 Å². The van der Waals surface area contributed by atoms with E-state index in [9.17, 15) is 13.2 Å². The molecule has 1 N–H and O–H groups in total. The summed E-state index contributed by atoms with van der Waals surface area (Å²) in [5.41, 5.74) is 0.645. The Kier molecular flexibility index (Phi) is 4.71. The second-order valence-electron chi connectivity index (χ2n) is 5.11. The van der Waals surface area contributed by atoms with Crippen LogP contribution in [0.5, 0.6) is 5.75 Å². The van der Waals surface area contributed by atoms with Crippen molar-refractivity contribution in [1.29, 1.82) is 0 Å². The molecule has 1 aromatic carbocycles. The number of hydrogen-bond acceptors (Lipinski definition) is 5. The molecule has 0 bridgehead atoms. The van der Waals surface area contributed by atoms with E-state index in [1.807, 2.05) is 6.92 Å². The summed E-state index contributed by atoms with van der Waals surface area (Å²) >= 11 is 6.76. The molecule has 0 unspecified atom stereocenters. The van der Waals surface area contributed by atoms with E-state index in [0.29, 0.717) is 41.0 Å². The fourth-order valence-electron chi connectivity index (χ4n) is 2.37. The summed E-state index contributed by atoms with van der Waals surface area (Å²) in [6, 6.07) is 7.63. The highest BCUT2D eigenvalue weighted by atomic mass is 35.5. The van der Waals surface area contributed by atoms with Crippen LogP contribution in [0.15, 0.2) is 34.5 Å². The fourth-order valence-corrected chi connectivity index (χ4v) is 4.91. The van der Waals surface area contributed by atoms with Crippen LogP contribution in [0.2, 0.25) is 4.34 Å². The molecule has 6 nitrogen and oxygen atoms in total. The van der Waals surface area contributed by atoms with Crippen LogP contribution in [0.4, 0.5) is 5.69 Å². The highest BCUT2D eigenvalue weighted by Crippen LogP contribution is 2.30. The average Bonchev–Trinajstić information content (AvgIpc) is 2.92. The largest absolute Gasteiger partial charge is 0.491 e. The Morgan fingerprint density at radius 2 is 2.12 bits per heavy atom. The van der Waals surface area contributed by atoms with Gasteiger partial charge in [0.15, 0.2) is 0 Å². The number of amides is 1. The van der Waals surface area contributed by atoms with Gasteiger partial charge in [-0.25, -0.2) is 8.42 Å². The van der Waals surface area contributed by atoms with Crippen LogP contribution in [0, 0.1) is 0 Å². The molecule has 3 rings (SSSR count). The monoisotopic (exact) mass is 386 g/mol. The Bertz CT molecular complexity index is 879. The van der Waals surface area contributed by atoms with Gasteiger partial charge in [0.2, 0.25) is 0 Å². The number of nitrogens with zero attached hydrogens (tertiary/aromatic N) is 1. The third-order valence-corrected chi connectivity index (χ3v) is 6.67. The molecule has 0 spiro atoms. The summed E-state index contributed by atoms with van der Waals surface area (Å²) in [5.74, 6) is 0.281. The van der Waals surface area contributed by atoms with Gasteiger partial charge in [-0.3, -0.25) is 9.52 Å². The van der Waals surface area contributed by atoms with E-state index in [0.717, 1.165) is 11.3 Å². The first-order chi connectivity index (χ1) is 11.4. The molecule has 128 valence electrons. The maximum Gasteiger partial charge on any atom is 0.271 e. The Morgan fingerprint density at radius 3 is 2.79 bits per heavy atom. The molecular formula is C15H15ClN2O4S2. The number of carbonyl (C=O) groups excluding carboxylic acids is 1. The Balaban J connectivity index is 1.92. The number of fused-ring (bicyclic) bond motifs is 1. The molecule has 1 aromatic heterocycles. The van der Waals surface area contributed by atoms with Crippen LogP contribution in [-0.4, -0.2) is 38.9 Å². The van der Waals surface area contributed by atoms with Gasteiger partial charge in [-0.05, 0) is 37.3 Å². The normalized spacial score (nSPS) is 14.8. The van der Waals surface area contributed by atoms with Crippen molar-refractivity contribution in [3.05, 3.63) is 40.2 Å². The molecule has 1 aliphatic heterocycles. The fraction of sp³-hybridized carbons (Fsp3) is 0.267. The van der Waals surface area contributed by atoms with Gasteiger partial charge in [-0.15, -0.1) is 11.3 Å². The maximum atomic E-state index is 12.5. The lowest BCUT2D eigenvalue weighted by molar-refractivity contribution is 0.0765. The zero-order valence-electron chi connectivity index (χ0n) is 12.8. The van der Waals surface area contributed by atoms with Crippen molar-refractivity contribution < 1.29 is 17.9 Å². The standard InChI is InChI=1S/C15H15ClN2O4S2/c1-2-18-7-8-22-12-4-3-10(9-11(12)15(18)19)17-24(20,21)14-6-5-13(16)23-14/h3-6,9,17H,2,7-8H2,1H3. The summed E-state index contributed by atoms with van der Waals surface area (Å²) < 4.78 is 33.3. The van der Waals surface area contributed by atoms with Crippen molar-refractivity contribution in [1.82, 2.24) is 4.90 Å². The number of hydrogen-bond donors (Lipinski definition) is 1. The summed E-state index contributed by atoms with van der Waals surface area (Å²) in [6.07, 6.45) is 0. The number of sulfonamides is 1. The third-order valence-electron chi connectivity index (χ3n) is 3.56. The van der Waals surface area contributed by atoms with E-state index in [-0.39, 0.29) is 10.1 Å². The van der Waals surface area contributed by atoms with Crippen molar-refractivity contribution in [3.63, 3.8) is 0 Å². The summed E-state index contributed by atoms with van der Waals surface area (Å²) in [5, 5.41) is 0. The van der Waals surface area contributed by atoms with E-state index < -0.39 is 10.0 Å². The van der Waals surface area contributed by atoms with Gasteiger partial charge in [0.05, 0.1) is 16.4 Å². The molecule has 9 heteroatoms. The van der Waals surface area contributed by atoms with Gasteiger partial charge in [0, 0.05) is 12.2 Å². The maximum absolute atomic E-state index is 12.5. The number of anilines is 1. The van der Waals surface area contributed by atoms with Gasteiger partial charge in [0.25, 0.3) is 15.9 Å². The smallest absolute Gasteiger partial charge is 0.271 e. The molecule has 2 aromatic rings. The van der Waals surface area contributed by atoms with Crippen LogP contribution in [-0.2, 0) is 10.0 Å². The molecule has 1 aliphatic rings. The number of ether oxygens (including phenoxy) is 1. The molecule has 0 radical (unpaired) electrons. The van der Waals surface area contributed by atoms with Gasteiger partial charge in [-0.1, -0.05) is 11.6 Å². The number of halogens is 1. The number of carbonyl (C=O) groups is 1. The van der Waals surface area contributed by atoms with Crippen molar-refractivity contribution in [2.75, 3.05) is 24.4 Å². The second-order valence-corrected chi connectivity index (χ2v) is 8.73. The zero-order valence-corrected chi connectivity index (χ0v) is 15.2. The molecule has 0 saturated carbocycles. The molecular weight excluding hydrogens is 372 g/mol. The predicted molar refractivity (Wildman–Crippen MR) is 93.7 cm³/mol. The van der Waals surface area contributed by atoms with Crippen LogP contribution in [0.3, 0.4) is 0 Å². The zero-order chi connectivity index (χ0) is 17.3. The van der Waals surface area contributed by atoms with Gasteiger partial charge >= 0.3 is 0 Å². The molecule has 24 heavy (non-hydrogen) atoms. The first-order valence-electron chi connectivity index (χ1n) is 7.25. The van der Waals surface area contributed by atoms with Gasteiger partial charge < -0.3 is 9.64 Å². The van der Waals surface area contributed by atoms with Crippen LogP contribution >= 0.6 is 22.9 Å². The quantitative estimate of drug-likeness (QED) is 0.876. The predicted octanol–water partition coefficient (Wildman–Crippen LogP) is 3.06. The minimum Gasteiger partial charge on any atom is -0.491 e. The molecule has 0 atom stereocenters. The van der Waals surface area contributed by atoms with Crippen molar-refractivity contribution in [2.45, 2.75) is 11.1 Å². The lowest BCUT2D eigenvalue weighted by Gasteiger charge is -2.17. The van der Waals surface area contributed by atoms with E-state index in [1.165, 1.54) is 18.2 Å². The molecule has 0 aliphatic carbocycles. The number of benzene rings is 1. The Labute approximate surface area is 149 Å². The first-order valence-corrected chi connectivity index (χ1v) is 9.93. The molecule has 0 saturated heterocycles. The second kappa shape index (κ2) is 6.62. The Hall–Kier alpha value is -1.77. The minimum absolute atomic E-state index is 0.111. The van der Waals surface area contributed by atoms with Crippen LogP contribution in [0.25, 0.3) is 0 Å². The third kappa shape index (κ3) is 3.35. The van der Waals surface area contributed by atoms with E-state index in [1.54, 1.807) is 17.0 Å². The first kappa shape index (κ1) is 17.1. The minimum atomic E-state index is -3.75. The van der Waals surface area contributed by atoms with Crippen LogP contribution < -0.4 is 9.46 Å². The van der Waals surface area contributed by atoms with Gasteiger partial charge in [0.1, 0.15) is 16.6 Å². The van der Waals surface area contributed by atoms with Crippen LogP contribution in [0.1, 0.15) is 17.3 Å². The SMILES string of the molecule is CCN1CCOc2ccc(NS(=O)(=O)c3ccc(Cl)s3)cc2C1=O. The highest BCUT2D eigenvalue weighted by molar-refractivity contribution is 7.94. The topological polar surface area (TPSA) is 75.7 Å². The van der Waals surface area contributed by atoms with Gasteiger partial charge in [-0.2, -0.15) is 0 Å². The highest BCUT2D eigenvalue weighted by Gasteiger charge is 2.24. The number of thiophene rings is 1. The molecule has 2 heterocycles. The lowest BCUT2D eigenvalue weighted by atomic mass is 10.1. The Morgan fingerprint density at radius 1 is 1.33 bits per heavy atom. The van der Waals surface area contributed by atoms with Crippen molar-refractivity contribution in [3.8, 4) is 5.75 Å². The number of nitrogens with one attached hydrogen (secondary N) is 1.